The van der Waals surface area contributed by atoms with Crippen LogP contribution in [0.1, 0.15) is 47.8 Å². The lowest BCUT2D eigenvalue weighted by Crippen LogP contribution is -2.37. The predicted octanol–water partition coefficient (Wildman–Crippen LogP) is 2.01. The zero-order valence-electron chi connectivity index (χ0n) is 17.2. The molecule has 0 aliphatic carbocycles. The second-order valence-electron chi connectivity index (χ2n) is 7.99. The molecule has 0 radical (unpaired) electrons. The minimum atomic E-state index is -0.151. The van der Waals surface area contributed by atoms with Crippen LogP contribution in [0.5, 0.6) is 0 Å². The first-order valence-electron chi connectivity index (χ1n) is 10.1. The van der Waals surface area contributed by atoms with Crippen LogP contribution in [0.4, 0.5) is 0 Å². The van der Waals surface area contributed by atoms with Crippen molar-refractivity contribution in [2.45, 2.75) is 31.7 Å². The minimum Gasteiger partial charge on any atom is -0.349 e. The van der Waals surface area contributed by atoms with E-state index in [2.05, 4.69) is 57.8 Å². The summed E-state index contributed by atoms with van der Waals surface area (Å²) in [7, 11) is 3.96. The number of hydrogen-bond donors (Lipinski definition) is 1. The number of piperidine rings is 1. The number of amides is 1. The molecule has 28 heavy (non-hydrogen) atoms. The Morgan fingerprint density at radius 2 is 1.96 bits per heavy atom. The van der Waals surface area contributed by atoms with Crippen LogP contribution >= 0.6 is 0 Å². The summed E-state index contributed by atoms with van der Waals surface area (Å²) in [5.41, 5.74) is 1.80. The third kappa shape index (κ3) is 5.62. The zero-order chi connectivity index (χ0) is 19.9. The van der Waals surface area contributed by atoms with Crippen molar-refractivity contribution in [2.24, 2.45) is 0 Å². The summed E-state index contributed by atoms with van der Waals surface area (Å²) in [5.74, 6) is 0.379. The van der Waals surface area contributed by atoms with E-state index in [0.29, 0.717) is 24.2 Å². The van der Waals surface area contributed by atoms with Gasteiger partial charge in [-0.2, -0.15) is 0 Å². The van der Waals surface area contributed by atoms with E-state index in [1.54, 1.807) is 6.20 Å². The van der Waals surface area contributed by atoms with Crippen molar-refractivity contribution in [3.05, 3.63) is 47.8 Å². The van der Waals surface area contributed by atoms with Gasteiger partial charge in [-0.05, 0) is 38.4 Å². The van der Waals surface area contributed by atoms with Crippen molar-refractivity contribution in [3.63, 3.8) is 0 Å². The van der Waals surface area contributed by atoms with Gasteiger partial charge in [-0.15, -0.1) is 5.10 Å². The first-order chi connectivity index (χ1) is 13.5. The Kier molecular flexibility index (Phi) is 7.17. The largest absolute Gasteiger partial charge is 0.349 e. The fourth-order valence-electron chi connectivity index (χ4n) is 3.68. The molecule has 1 aliphatic heterocycles. The number of likely N-dealkylation sites (N-methyl/N-ethyl adjacent to an activating group) is 1. The number of carbonyl (C=O) groups is 1. The second-order valence-corrected chi connectivity index (χ2v) is 7.99. The first-order valence-corrected chi connectivity index (χ1v) is 10.1. The fraction of sp³-hybridized carbons (Fsp3) is 0.571. The Labute approximate surface area is 167 Å². The smallest absolute Gasteiger partial charge is 0.273 e. The van der Waals surface area contributed by atoms with Gasteiger partial charge >= 0.3 is 0 Å². The fourth-order valence-corrected chi connectivity index (χ4v) is 3.68. The number of likely N-dealkylation sites (tertiary alicyclic amines) is 1. The van der Waals surface area contributed by atoms with Gasteiger partial charge in [0.2, 0.25) is 0 Å². The molecule has 2 heterocycles. The van der Waals surface area contributed by atoms with E-state index >= 15 is 0 Å². The molecule has 1 amide bonds. The average Bonchev–Trinajstić information content (AvgIpc) is 3.19. The summed E-state index contributed by atoms with van der Waals surface area (Å²) < 4.78 is 1.87. The summed E-state index contributed by atoms with van der Waals surface area (Å²) >= 11 is 0. The van der Waals surface area contributed by atoms with Crippen molar-refractivity contribution in [2.75, 3.05) is 46.8 Å². The van der Waals surface area contributed by atoms with Crippen LogP contribution in [0.15, 0.2) is 36.5 Å². The van der Waals surface area contributed by atoms with Crippen LogP contribution in [-0.4, -0.2) is 77.5 Å². The van der Waals surface area contributed by atoms with Crippen LogP contribution < -0.4 is 5.32 Å². The molecule has 0 spiro atoms. The monoisotopic (exact) mass is 384 g/mol. The van der Waals surface area contributed by atoms with Crippen molar-refractivity contribution >= 4 is 5.91 Å². The highest BCUT2D eigenvalue weighted by Crippen LogP contribution is 2.24. The zero-order valence-corrected chi connectivity index (χ0v) is 17.2. The molecule has 1 aliphatic rings. The van der Waals surface area contributed by atoms with Crippen LogP contribution in [-0.2, 0) is 0 Å². The van der Waals surface area contributed by atoms with Gasteiger partial charge in [0.25, 0.3) is 5.91 Å². The summed E-state index contributed by atoms with van der Waals surface area (Å²) in [6.07, 6.45) is 3.86. The molecule has 1 aromatic carbocycles. The van der Waals surface area contributed by atoms with Crippen LogP contribution in [0, 0.1) is 0 Å². The molecule has 0 bridgehead atoms. The predicted molar refractivity (Wildman–Crippen MR) is 110 cm³/mol. The molecule has 7 nitrogen and oxygen atoms in total. The molecule has 0 unspecified atom stereocenters. The van der Waals surface area contributed by atoms with E-state index in [-0.39, 0.29) is 5.91 Å². The summed E-state index contributed by atoms with van der Waals surface area (Å²) in [6, 6.07) is 11.0. The van der Waals surface area contributed by atoms with E-state index in [1.807, 2.05) is 23.7 Å². The molecule has 0 saturated carbocycles. The molecule has 152 valence electrons. The lowest BCUT2D eigenvalue weighted by molar-refractivity contribution is 0.0946. The Balaban J connectivity index is 1.46. The minimum absolute atomic E-state index is 0.151. The Hall–Kier alpha value is -2.25. The maximum Gasteiger partial charge on any atom is 0.273 e. The van der Waals surface area contributed by atoms with Crippen molar-refractivity contribution in [1.82, 2.24) is 30.1 Å². The highest BCUT2D eigenvalue weighted by atomic mass is 16.2. The molecule has 1 N–H and O–H groups in total. The SMILES string of the molecule is C[C@@H](CN1CCC(n2cc(C(=O)NCCN(C)C)nn2)CC1)c1ccccc1. The van der Waals surface area contributed by atoms with Gasteiger partial charge in [-0.1, -0.05) is 42.5 Å². The maximum absolute atomic E-state index is 12.2. The number of carbonyl (C=O) groups excluding carboxylic acids is 1. The van der Waals surface area contributed by atoms with E-state index in [0.717, 1.165) is 39.0 Å². The molecule has 1 aromatic heterocycles. The average molecular weight is 385 g/mol. The number of nitrogens with zero attached hydrogens (tertiary/aromatic N) is 5. The van der Waals surface area contributed by atoms with Crippen LogP contribution in [0.3, 0.4) is 0 Å². The maximum atomic E-state index is 12.2. The number of benzene rings is 1. The number of aromatic nitrogens is 3. The van der Waals surface area contributed by atoms with Gasteiger partial charge < -0.3 is 15.1 Å². The number of nitrogens with one attached hydrogen (secondary N) is 1. The van der Waals surface area contributed by atoms with E-state index < -0.39 is 0 Å². The van der Waals surface area contributed by atoms with Crippen molar-refractivity contribution < 1.29 is 4.79 Å². The summed E-state index contributed by atoms with van der Waals surface area (Å²) in [4.78, 5) is 16.7. The van der Waals surface area contributed by atoms with Gasteiger partial charge in [0.1, 0.15) is 0 Å². The van der Waals surface area contributed by atoms with Crippen LogP contribution in [0.2, 0.25) is 0 Å². The van der Waals surface area contributed by atoms with Gasteiger partial charge in [-0.25, -0.2) is 4.68 Å². The van der Waals surface area contributed by atoms with E-state index in [1.165, 1.54) is 5.56 Å². The quantitative estimate of drug-likeness (QED) is 0.754. The third-order valence-corrected chi connectivity index (χ3v) is 5.42. The van der Waals surface area contributed by atoms with Gasteiger partial charge in [0.15, 0.2) is 5.69 Å². The first kappa shape index (κ1) is 20.5. The molecule has 7 heteroatoms. The Morgan fingerprint density at radius 1 is 1.25 bits per heavy atom. The number of rotatable bonds is 8. The lowest BCUT2D eigenvalue weighted by Gasteiger charge is -2.33. The molecule has 1 fully saturated rings. The molecule has 2 aromatic rings. The van der Waals surface area contributed by atoms with Crippen molar-refractivity contribution in [3.8, 4) is 0 Å². The van der Waals surface area contributed by atoms with Gasteiger partial charge in [0, 0.05) is 32.7 Å². The highest BCUT2D eigenvalue weighted by Gasteiger charge is 2.23. The molecular formula is C21H32N6O. The molecule has 1 saturated heterocycles. The normalized spacial score (nSPS) is 17.0. The van der Waals surface area contributed by atoms with Gasteiger partial charge in [0.05, 0.1) is 12.2 Å². The Bertz CT molecular complexity index is 736. The van der Waals surface area contributed by atoms with Crippen LogP contribution in [0.25, 0.3) is 0 Å². The van der Waals surface area contributed by atoms with Crippen molar-refractivity contribution in [1.29, 1.82) is 0 Å². The summed E-state index contributed by atoms with van der Waals surface area (Å²) in [5, 5.41) is 11.2. The number of hydrogen-bond acceptors (Lipinski definition) is 5. The molecule has 1 atom stereocenters. The molecule has 3 rings (SSSR count). The third-order valence-electron chi connectivity index (χ3n) is 5.42. The second kappa shape index (κ2) is 9.80. The Morgan fingerprint density at radius 3 is 2.64 bits per heavy atom. The lowest BCUT2D eigenvalue weighted by atomic mass is 9.98. The standard InChI is InChI=1S/C21H32N6O/c1-17(18-7-5-4-6-8-18)15-26-12-9-19(10-13-26)27-16-20(23-24-27)21(28)22-11-14-25(2)3/h4-8,16-17,19H,9-15H2,1-3H3,(H,22,28)/t17-/m0/s1. The van der Waals surface area contributed by atoms with E-state index in [4.69, 9.17) is 0 Å². The molecular weight excluding hydrogens is 352 g/mol. The topological polar surface area (TPSA) is 66.3 Å². The van der Waals surface area contributed by atoms with Gasteiger partial charge in [-0.3, -0.25) is 4.79 Å². The highest BCUT2D eigenvalue weighted by molar-refractivity contribution is 5.91. The van der Waals surface area contributed by atoms with E-state index in [9.17, 15) is 4.79 Å². The summed E-state index contributed by atoms with van der Waals surface area (Å²) in [6.45, 7) is 6.88.